The van der Waals surface area contributed by atoms with Gasteiger partial charge in [-0.25, -0.2) is 42.1 Å². The van der Waals surface area contributed by atoms with E-state index in [-0.39, 0.29) is 48.9 Å². The van der Waals surface area contributed by atoms with Crippen LogP contribution < -0.4 is 26.4 Å². The smallest absolute Gasteiger partial charge is 0.413 e. The van der Waals surface area contributed by atoms with Gasteiger partial charge in [-0.05, 0) is 42.9 Å². The molecule has 262 valence electrons. The number of aliphatic hydroxyl groups is 1. The number of carbonyl (C=O) groups excluding carboxylic acids is 1. The number of ether oxygens (including phenoxy) is 1. The first-order valence-electron chi connectivity index (χ1n) is 15.3. The van der Waals surface area contributed by atoms with Gasteiger partial charge >= 0.3 is 12.1 Å². The van der Waals surface area contributed by atoms with Gasteiger partial charge in [-0.3, -0.25) is 4.98 Å². The molecule has 0 radical (unpaired) electrons. The number of nitrogens with one attached hydrogen (secondary N) is 1. The molecule has 5 rings (SSSR count). The van der Waals surface area contributed by atoms with Gasteiger partial charge in [0.05, 0.1) is 36.0 Å². The Bertz CT molecular complexity index is 1860. The summed E-state index contributed by atoms with van der Waals surface area (Å²) >= 11 is 0. The molecule has 4 aromatic rings. The molecule has 0 unspecified atom stereocenters. The van der Waals surface area contributed by atoms with Crippen LogP contribution in [0.5, 0.6) is 5.75 Å². The molecule has 0 saturated carbocycles. The number of rotatable bonds is 11. The van der Waals surface area contributed by atoms with Gasteiger partial charge in [0, 0.05) is 24.7 Å². The summed E-state index contributed by atoms with van der Waals surface area (Å²) in [5.41, 5.74) is 11.8. The average Bonchev–Trinajstić information content (AvgIpc) is 3.45. The summed E-state index contributed by atoms with van der Waals surface area (Å²) in [4.78, 5) is 42.3. The molecule has 1 saturated heterocycles. The Labute approximate surface area is 277 Å². The minimum absolute atomic E-state index is 0.0313. The standard InChI is InChI=1S/C31H35F4N9O5/c1-15(2)6-21(29(46)47)42-30(48)49-23-9-18(32)17(8-19(23)33)20-7-16(11-44-14-41-24-27(36)39-13-40-28(24)44)22(10-38-20)43-5-3-4-31(37,12-43)25(45)26(34)35/h7-10,13-15,21,25-26,45H,3-6,11-12,37H2,1-2H3,(H,42,48)(H,46,47)(H2,36,39,40)/t21-,25-,31-/m1/s1. The van der Waals surface area contributed by atoms with E-state index in [0.717, 1.165) is 6.07 Å². The second kappa shape index (κ2) is 14.2. The second-order valence-electron chi connectivity index (χ2n) is 12.4. The summed E-state index contributed by atoms with van der Waals surface area (Å²) < 4.78 is 64.3. The maximum atomic E-state index is 15.5. The fourth-order valence-corrected chi connectivity index (χ4v) is 5.82. The normalized spacial score (nSPS) is 17.8. The van der Waals surface area contributed by atoms with Gasteiger partial charge < -0.3 is 41.2 Å². The Morgan fingerprint density at radius 1 is 1.12 bits per heavy atom. The number of amides is 1. The lowest BCUT2D eigenvalue weighted by molar-refractivity contribution is -0.139. The number of alkyl halides is 2. The monoisotopic (exact) mass is 689 g/mol. The molecule has 18 heteroatoms. The highest BCUT2D eigenvalue weighted by Gasteiger charge is 2.43. The fraction of sp³-hybridized carbons (Fsp3) is 0.419. The lowest BCUT2D eigenvalue weighted by Crippen LogP contribution is -2.63. The predicted molar refractivity (Wildman–Crippen MR) is 169 cm³/mol. The van der Waals surface area contributed by atoms with Gasteiger partial charge in [-0.2, -0.15) is 0 Å². The van der Waals surface area contributed by atoms with Crippen molar-refractivity contribution in [2.45, 2.75) is 63.8 Å². The van der Waals surface area contributed by atoms with E-state index in [1.807, 2.05) is 0 Å². The third-order valence-corrected chi connectivity index (χ3v) is 8.26. The highest BCUT2D eigenvalue weighted by atomic mass is 19.3. The number of anilines is 2. The molecule has 7 N–H and O–H groups in total. The average molecular weight is 690 g/mol. The lowest BCUT2D eigenvalue weighted by Gasteiger charge is -2.44. The quantitative estimate of drug-likeness (QED) is 0.144. The number of pyridine rings is 1. The third-order valence-electron chi connectivity index (χ3n) is 8.26. The molecule has 1 aromatic carbocycles. The van der Waals surface area contributed by atoms with Gasteiger partial charge in [-0.15, -0.1) is 0 Å². The van der Waals surface area contributed by atoms with Crippen LogP contribution in [0.3, 0.4) is 0 Å². The maximum absolute atomic E-state index is 15.5. The minimum atomic E-state index is -3.07. The van der Waals surface area contributed by atoms with Crippen LogP contribution in [-0.4, -0.2) is 84.0 Å². The Morgan fingerprint density at radius 3 is 2.57 bits per heavy atom. The van der Waals surface area contributed by atoms with Crippen molar-refractivity contribution >= 4 is 34.7 Å². The van der Waals surface area contributed by atoms with E-state index >= 15 is 8.78 Å². The molecule has 14 nitrogen and oxygen atoms in total. The highest BCUT2D eigenvalue weighted by molar-refractivity contribution is 5.82. The van der Waals surface area contributed by atoms with Crippen LogP contribution in [0.25, 0.3) is 22.4 Å². The Kier molecular flexibility index (Phi) is 10.2. The minimum Gasteiger partial charge on any atom is -0.480 e. The van der Waals surface area contributed by atoms with E-state index < -0.39 is 53.6 Å². The lowest BCUT2D eigenvalue weighted by atomic mass is 9.84. The number of aliphatic carboxylic acids is 1. The van der Waals surface area contributed by atoms with Crippen LogP contribution in [0.1, 0.15) is 38.7 Å². The zero-order valence-corrected chi connectivity index (χ0v) is 26.5. The summed E-state index contributed by atoms with van der Waals surface area (Å²) in [6, 6.07) is 1.58. The number of nitrogens with two attached hydrogens (primary N) is 2. The number of hydrogen-bond donors (Lipinski definition) is 5. The number of carbonyl (C=O) groups is 2. The largest absolute Gasteiger partial charge is 0.480 e. The number of hydrogen-bond acceptors (Lipinski definition) is 11. The number of carboxylic acid groups (broad SMARTS) is 1. The first-order chi connectivity index (χ1) is 23.2. The zero-order chi connectivity index (χ0) is 35.6. The van der Waals surface area contributed by atoms with Crippen molar-refractivity contribution in [2.24, 2.45) is 11.7 Å². The second-order valence-corrected chi connectivity index (χ2v) is 12.4. The van der Waals surface area contributed by atoms with Crippen LogP contribution in [0.2, 0.25) is 0 Å². The van der Waals surface area contributed by atoms with E-state index in [4.69, 9.17) is 16.2 Å². The number of benzene rings is 1. The van der Waals surface area contributed by atoms with Gasteiger partial charge in [-0.1, -0.05) is 13.8 Å². The molecule has 3 atom stereocenters. The molecule has 1 amide bonds. The topological polar surface area (TPSA) is 208 Å². The van der Waals surface area contributed by atoms with Crippen molar-refractivity contribution in [3.63, 3.8) is 0 Å². The van der Waals surface area contributed by atoms with Crippen LogP contribution in [0.15, 0.2) is 37.1 Å². The van der Waals surface area contributed by atoms with Gasteiger partial charge in [0.2, 0.25) is 0 Å². The number of fused-ring (bicyclic) bond motifs is 1. The Balaban J connectivity index is 1.49. The van der Waals surface area contributed by atoms with Crippen LogP contribution in [-0.2, 0) is 11.3 Å². The number of halogens is 4. The SMILES string of the molecule is CC(C)C[C@@H](NC(=O)Oc1cc(F)c(-c2cc(Cn3cnc4c(N)ncnc43)c(N3CCC[C@](N)([C@H](O)C(F)F)C3)cn2)cc1F)C(=O)O. The van der Waals surface area contributed by atoms with E-state index in [1.165, 1.54) is 24.9 Å². The summed E-state index contributed by atoms with van der Waals surface area (Å²) in [5.74, 6) is -4.20. The molecular weight excluding hydrogens is 654 g/mol. The number of carboxylic acids is 1. The van der Waals surface area contributed by atoms with Gasteiger partial charge in [0.25, 0.3) is 6.43 Å². The first kappa shape index (κ1) is 35.2. The molecule has 4 heterocycles. The number of piperidine rings is 1. The molecule has 1 fully saturated rings. The van der Waals surface area contributed by atoms with E-state index in [9.17, 15) is 28.6 Å². The first-order valence-corrected chi connectivity index (χ1v) is 15.3. The Morgan fingerprint density at radius 2 is 1.88 bits per heavy atom. The van der Waals surface area contributed by atoms with Crippen molar-refractivity contribution in [1.82, 2.24) is 29.8 Å². The molecule has 0 bridgehead atoms. The van der Waals surface area contributed by atoms with Crippen molar-refractivity contribution < 1.29 is 42.1 Å². The highest BCUT2D eigenvalue weighted by Crippen LogP contribution is 2.35. The molecule has 0 spiro atoms. The van der Waals surface area contributed by atoms with Crippen LogP contribution in [0.4, 0.5) is 33.9 Å². The van der Waals surface area contributed by atoms with Gasteiger partial charge in [0.15, 0.2) is 23.0 Å². The van der Waals surface area contributed by atoms with E-state index in [0.29, 0.717) is 41.4 Å². The zero-order valence-electron chi connectivity index (χ0n) is 26.5. The fourth-order valence-electron chi connectivity index (χ4n) is 5.82. The number of nitrogen functional groups attached to an aromatic ring is 1. The molecule has 49 heavy (non-hydrogen) atoms. The molecule has 3 aromatic heterocycles. The number of imidazole rings is 1. The van der Waals surface area contributed by atoms with Crippen molar-refractivity contribution in [1.29, 1.82) is 0 Å². The van der Waals surface area contributed by atoms with Crippen molar-refractivity contribution in [3.8, 4) is 17.0 Å². The molecule has 0 aliphatic carbocycles. The summed E-state index contributed by atoms with van der Waals surface area (Å²) in [6.07, 6.45) is -1.77. The number of aromatic nitrogens is 5. The number of aliphatic hydroxyl groups excluding tert-OH is 1. The summed E-state index contributed by atoms with van der Waals surface area (Å²) in [7, 11) is 0. The van der Waals surface area contributed by atoms with E-state index in [2.05, 4.69) is 25.3 Å². The van der Waals surface area contributed by atoms with Crippen LogP contribution in [0, 0.1) is 17.6 Å². The Hall–Kier alpha value is -5.10. The van der Waals surface area contributed by atoms with Crippen molar-refractivity contribution in [2.75, 3.05) is 23.7 Å². The molecule has 1 aliphatic heterocycles. The van der Waals surface area contributed by atoms with Gasteiger partial charge in [0.1, 0.15) is 29.8 Å². The molecular formula is C31H35F4N9O5. The predicted octanol–water partition coefficient (Wildman–Crippen LogP) is 3.31. The van der Waals surface area contributed by atoms with Crippen LogP contribution >= 0.6 is 0 Å². The van der Waals surface area contributed by atoms with E-state index in [1.54, 1.807) is 23.3 Å². The summed E-state index contributed by atoms with van der Waals surface area (Å²) in [6.45, 7) is 3.76. The molecule has 1 aliphatic rings. The number of nitrogens with zero attached hydrogens (tertiary/aromatic N) is 6. The third kappa shape index (κ3) is 7.64. The maximum Gasteiger partial charge on any atom is 0.413 e. The summed E-state index contributed by atoms with van der Waals surface area (Å²) in [5, 5.41) is 21.7. The van der Waals surface area contributed by atoms with Crippen molar-refractivity contribution in [3.05, 3.63) is 54.2 Å².